The minimum Gasteiger partial charge on any atom is -0.357 e. The number of nitrogens with one attached hydrogen (secondary N) is 2. The van der Waals surface area contributed by atoms with Crippen LogP contribution in [0, 0.1) is 0 Å². The van der Waals surface area contributed by atoms with Crippen molar-refractivity contribution < 1.29 is 21.6 Å². The molecule has 1 rings (SSSR count). The molecule has 2 N–H and O–H groups in total. The van der Waals surface area contributed by atoms with E-state index in [1.807, 2.05) is 6.92 Å². The number of aliphatic imine (C=N–C) groups is 1. The fourth-order valence-electron chi connectivity index (χ4n) is 1.68. The van der Waals surface area contributed by atoms with Crippen molar-refractivity contribution in [2.75, 3.05) is 19.3 Å². The summed E-state index contributed by atoms with van der Waals surface area (Å²) in [6.07, 6.45) is -4.04. The van der Waals surface area contributed by atoms with Gasteiger partial charge in [0.1, 0.15) is 0 Å². The zero-order valence-electron chi connectivity index (χ0n) is 12.9. The summed E-state index contributed by atoms with van der Waals surface area (Å²) >= 11 is 0. The van der Waals surface area contributed by atoms with Crippen LogP contribution in [0.2, 0.25) is 0 Å². The Labute approximate surface area is 133 Å². The average Bonchev–Trinajstić information content (AvgIpc) is 2.43. The molecule has 0 aliphatic carbocycles. The highest BCUT2D eigenvalue weighted by atomic mass is 32.2. The summed E-state index contributed by atoms with van der Waals surface area (Å²) in [4.78, 5) is 4.38. The van der Waals surface area contributed by atoms with E-state index in [0.717, 1.165) is 11.8 Å². The van der Waals surface area contributed by atoms with Gasteiger partial charge >= 0.3 is 6.18 Å². The fraction of sp³-hybridized carbons (Fsp3) is 0.500. The Morgan fingerprint density at radius 2 is 1.78 bits per heavy atom. The van der Waals surface area contributed by atoms with Crippen LogP contribution in [0.1, 0.15) is 18.9 Å². The Morgan fingerprint density at radius 1 is 1.17 bits per heavy atom. The Kier molecular flexibility index (Phi) is 6.86. The SMILES string of the molecule is CCNC(=NCc1ccc(S(C)(=O)=O)cc1)NCCC(F)(F)F. The third kappa shape index (κ3) is 7.87. The highest BCUT2D eigenvalue weighted by molar-refractivity contribution is 7.90. The largest absolute Gasteiger partial charge is 0.390 e. The van der Waals surface area contributed by atoms with Crippen LogP contribution in [0.4, 0.5) is 13.2 Å². The van der Waals surface area contributed by atoms with Crippen molar-refractivity contribution >= 4 is 15.8 Å². The van der Waals surface area contributed by atoms with Gasteiger partial charge in [0.2, 0.25) is 0 Å². The van der Waals surface area contributed by atoms with Gasteiger partial charge in [-0.05, 0) is 24.6 Å². The molecular formula is C14H20F3N3O2S. The van der Waals surface area contributed by atoms with Crippen LogP contribution < -0.4 is 10.6 Å². The summed E-state index contributed by atoms with van der Waals surface area (Å²) in [6.45, 7) is 2.29. The third-order valence-electron chi connectivity index (χ3n) is 2.82. The van der Waals surface area contributed by atoms with Crippen LogP contribution in [0.15, 0.2) is 34.2 Å². The first-order valence-electron chi connectivity index (χ1n) is 7.00. The minimum absolute atomic E-state index is 0.209. The van der Waals surface area contributed by atoms with Gasteiger partial charge in [0.15, 0.2) is 15.8 Å². The number of sulfone groups is 1. The van der Waals surface area contributed by atoms with Gasteiger partial charge < -0.3 is 10.6 Å². The molecule has 0 aliphatic rings. The van der Waals surface area contributed by atoms with Crippen LogP contribution in [0.3, 0.4) is 0 Å². The molecule has 0 spiro atoms. The van der Waals surface area contributed by atoms with E-state index in [1.165, 1.54) is 12.1 Å². The van der Waals surface area contributed by atoms with E-state index in [0.29, 0.717) is 6.54 Å². The van der Waals surface area contributed by atoms with Crippen LogP contribution in [0.5, 0.6) is 0 Å². The first-order chi connectivity index (χ1) is 10.6. The lowest BCUT2D eigenvalue weighted by atomic mass is 10.2. The first-order valence-corrected chi connectivity index (χ1v) is 8.89. The number of halogens is 3. The van der Waals surface area contributed by atoms with Gasteiger partial charge in [0.25, 0.3) is 0 Å². The van der Waals surface area contributed by atoms with Gasteiger partial charge in [0, 0.05) is 19.3 Å². The number of alkyl halides is 3. The highest BCUT2D eigenvalue weighted by Gasteiger charge is 2.26. The van der Waals surface area contributed by atoms with Gasteiger partial charge in [-0.2, -0.15) is 13.2 Å². The molecule has 0 unspecified atom stereocenters. The number of guanidine groups is 1. The lowest BCUT2D eigenvalue weighted by Crippen LogP contribution is -2.38. The van der Waals surface area contributed by atoms with Gasteiger partial charge in [-0.1, -0.05) is 12.1 Å². The smallest absolute Gasteiger partial charge is 0.357 e. The van der Waals surface area contributed by atoms with Gasteiger partial charge in [0.05, 0.1) is 17.9 Å². The molecule has 9 heteroatoms. The molecule has 130 valence electrons. The summed E-state index contributed by atoms with van der Waals surface area (Å²) in [7, 11) is -3.25. The monoisotopic (exact) mass is 351 g/mol. The van der Waals surface area contributed by atoms with Crippen molar-refractivity contribution in [1.29, 1.82) is 0 Å². The van der Waals surface area contributed by atoms with Gasteiger partial charge in [-0.15, -0.1) is 0 Å². The second-order valence-electron chi connectivity index (χ2n) is 4.90. The molecule has 1 aromatic rings. The summed E-state index contributed by atoms with van der Waals surface area (Å²) < 4.78 is 59.1. The molecule has 23 heavy (non-hydrogen) atoms. The third-order valence-corrected chi connectivity index (χ3v) is 3.94. The molecule has 0 saturated carbocycles. The Morgan fingerprint density at radius 3 is 2.26 bits per heavy atom. The van der Waals surface area contributed by atoms with E-state index in [2.05, 4.69) is 15.6 Å². The fourth-order valence-corrected chi connectivity index (χ4v) is 2.31. The van der Waals surface area contributed by atoms with Crippen LogP contribution in [-0.2, 0) is 16.4 Å². The summed E-state index contributed by atoms with van der Waals surface area (Å²) in [5.74, 6) is 0.281. The van der Waals surface area contributed by atoms with E-state index in [1.54, 1.807) is 12.1 Å². The molecule has 0 radical (unpaired) electrons. The lowest BCUT2D eigenvalue weighted by Gasteiger charge is -2.12. The van der Waals surface area contributed by atoms with Crippen LogP contribution in [0.25, 0.3) is 0 Å². The summed E-state index contributed by atoms with van der Waals surface area (Å²) in [5, 5.41) is 5.46. The zero-order chi connectivity index (χ0) is 17.5. The lowest BCUT2D eigenvalue weighted by molar-refractivity contribution is -0.132. The molecule has 0 atom stereocenters. The molecule has 0 saturated heterocycles. The number of nitrogens with zero attached hydrogens (tertiary/aromatic N) is 1. The molecule has 1 aromatic carbocycles. The summed E-state index contributed by atoms with van der Waals surface area (Å²) in [5.41, 5.74) is 0.755. The molecule has 0 fully saturated rings. The van der Waals surface area contributed by atoms with E-state index < -0.39 is 22.4 Å². The number of benzene rings is 1. The second kappa shape index (κ2) is 8.19. The second-order valence-corrected chi connectivity index (χ2v) is 6.92. The van der Waals surface area contributed by atoms with Crippen LogP contribution in [-0.4, -0.2) is 39.9 Å². The number of rotatable bonds is 6. The molecule has 0 aliphatic heterocycles. The Balaban J connectivity index is 2.66. The number of hydrogen-bond acceptors (Lipinski definition) is 3. The van der Waals surface area contributed by atoms with E-state index in [9.17, 15) is 21.6 Å². The standard InChI is InChI=1S/C14H20F3N3O2S/c1-3-18-13(19-9-8-14(15,16)17)20-10-11-4-6-12(7-5-11)23(2,21)22/h4-7H,3,8-10H2,1-2H3,(H2,18,19,20). The maximum absolute atomic E-state index is 12.1. The Bertz CT molecular complexity index is 626. The van der Waals surface area contributed by atoms with E-state index >= 15 is 0 Å². The van der Waals surface area contributed by atoms with Crippen molar-refractivity contribution in [3.05, 3.63) is 29.8 Å². The zero-order valence-corrected chi connectivity index (χ0v) is 13.8. The average molecular weight is 351 g/mol. The van der Waals surface area contributed by atoms with Crippen molar-refractivity contribution in [2.24, 2.45) is 4.99 Å². The predicted octanol–water partition coefficient (Wildman–Crippen LogP) is 2.10. The van der Waals surface area contributed by atoms with E-state index in [4.69, 9.17) is 0 Å². The predicted molar refractivity (Wildman–Crippen MR) is 83.0 cm³/mol. The maximum Gasteiger partial charge on any atom is 0.390 e. The molecule has 0 bridgehead atoms. The Hall–Kier alpha value is -1.77. The van der Waals surface area contributed by atoms with Gasteiger partial charge in [-0.25, -0.2) is 13.4 Å². The van der Waals surface area contributed by atoms with Crippen molar-refractivity contribution in [2.45, 2.75) is 31.0 Å². The highest BCUT2D eigenvalue weighted by Crippen LogP contribution is 2.18. The summed E-state index contributed by atoms with van der Waals surface area (Å²) in [6, 6.07) is 6.20. The minimum atomic E-state index is -4.22. The molecule has 0 aromatic heterocycles. The van der Waals surface area contributed by atoms with Crippen molar-refractivity contribution in [1.82, 2.24) is 10.6 Å². The van der Waals surface area contributed by atoms with Crippen molar-refractivity contribution in [3.8, 4) is 0 Å². The molecule has 0 heterocycles. The first kappa shape index (κ1) is 19.3. The van der Waals surface area contributed by atoms with Gasteiger partial charge in [-0.3, -0.25) is 0 Å². The molecular weight excluding hydrogens is 331 g/mol. The van der Waals surface area contributed by atoms with Crippen LogP contribution >= 0.6 is 0 Å². The normalized spacial score (nSPS) is 13.0. The molecule has 0 amide bonds. The number of hydrogen-bond donors (Lipinski definition) is 2. The molecule has 5 nitrogen and oxygen atoms in total. The quantitative estimate of drug-likeness (QED) is 0.608. The van der Waals surface area contributed by atoms with E-state index in [-0.39, 0.29) is 23.9 Å². The maximum atomic E-state index is 12.1. The topological polar surface area (TPSA) is 70.6 Å². The van der Waals surface area contributed by atoms with Crippen molar-refractivity contribution in [3.63, 3.8) is 0 Å².